The molecule has 0 fully saturated rings. The van der Waals surface area contributed by atoms with E-state index >= 15 is 0 Å². The van der Waals surface area contributed by atoms with Crippen LogP contribution in [0.15, 0.2) is 0 Å². The van der Waals surface area contributed by atoms with Crippen molar-refractivity contribution < 1.29 is 53.9 Å². The van der Waals surface area contributed by atoms with E-state index in [4.69, 9.17) is 29.9 Å². The third-order valence-electron chi connectivity index (χ3n) is 4.84. The number of rotatable bonds is 23. The molecular weight excluding hydrogens is 496 g/mol. The normalized spacial score (nSPS) is 11.7. The highest BCUT2D eigenvalue weighted by atomic mass is 16.5. The van der Waals surface area contributed by atoms with Crippen molar-refractivity contribution in [1.82, 2.24) is 20.0 Å². The number of aliphatic carboxylic acids is 4. The van der Waals surface area contributed by atoms with E-state index in [-0.39, 0.29) is 45.9 Å². The van der Waals surface area contributed by atoms with Crippen LogP contribution in [0.4, 0.5) is 0 Å². The smallest absolute Gasteiger partial charge is 0.317 e. The van der Waals surface area contributed by atoms with Gasteiger partial charge in [-0.25, -0.2) is 0 Å². The number of carbonyl (C=O) groups is 5. The van der Waals surface area contributed by atoms with Crippen molar-refractivity contribution in [1.29, 1.82) is 0 Å². The molecule has 0 aliphatic rings. The zero-order valence-corrected chi connectivity index (χ0v) is 21.7. The molecule has 5 N–H and O–H groups in total. The SMILES string of the molecule is CCOCC(C)(C)OCCNC(=O)CN(CCN(CC(=O)O)CC(=O)O)CCN(CC(=O)O)CC(=O)O. The monoisotopic (exact) mass is 536 g/mol. The molecule has 214 valence electrons. The van der Waals surface area contributed by atoms with Gasteiger partial charge in [-0.1, -0.05) is 0 Å². The van der Waals surface area contributed by atoms with Gasteiger partial charge in [0.15, 0.2) is 0 Å². The van der Waals surface area contributed by atoms with Gasteiger partial charge < -0.3 is 35.2 Å². The van der Waals surface area contributed by atoms with Crippen LogP contribution in [-0.4, -0.2) is 156 Å². The number of amides is 1. The molecule has 15 heteroatoms. The lowest BCUT2D eigenvalue weighted by Crippen LogP contribution is -2.47. The fourth-order valence-electron chi connectivity index (χ4n) is 3.20. The number of nitrogens with zero attached hydrogens (tertiary/aromatic N) is 3. The molecule has 0 saturated carbocycles. The maximum Gasteiger partial charge on any atom is 0.317 e. The molecule has 0 rings (SSSR count). The summed E-state index contributed by atoms with van der Waals surface area (Å²) in [6, 6.07) is 0. The largest absolute Gasteiger partial charge is 0.480 e. The Balaban J connectivity index is 5.10. The van der Waals surface area contributed by atoms with Crippen molar-refractivity contribution in [3.8, 4) is 0 Å². The lowest BCUT2D eigenvalue weighted by molar-refractivity contribution is -0.143. The van der Waals surface area contributed by atoms with Crippen molar-refractivity contribution in [2.75, 3.05) is 85.3 Å². The van der Waals surface area contributed by atoms with Crippen LogP contribution in [0.3, 0.4) is 0 Å². The molecule has 0 bridgehead atoms. The molecule has 15 nitrogen and oxygen atoms in total. The standard InChI is InChI=1S/C22H40N4O11/c1-4-36-16-22(2,3)37-10-5-23-17(27)11-24(6-8-25(12-18(28)29)13-19(30)31)7-9-26(14-20(32)33)15-21(34)35/h4-16H2,1-3H3,(H,23,27)(H,28,29)(H,30,31)(H,32,33)(H,34,35). The second-order valence-corrected chi connectivity index (χ2v) is 8.87. The van der Waals surface area contributed by atoms with E-state index in [1.54, 1.807) is 4.90 Å². The molecule has 0 aromatic heterocycles. The number of hydrogen-bond donors (Lipinski definition) is 5. The third-order valence-corrected chi connectivity index (χ3v) is 4.84. The van der Waals surface area contributed by atoms with E-state index in [1.165, 1.54) is 9.80 Å². The second kappa shape index (κ2) is 18.4. The van der Waals surface area contributed by atoms with Gasteiger partial charge >= 0.3 is 23.9 Å². The number of ether oxygens (including phenoxy) is 2. The topological polar surface area (TPSA) is 206 Å². The predicted molar refractivity (Wildman–Crippen MR) is 129 cm³/mol. The molecule has 37 heavy (non-hydrogen) atoms. The van der Waals surface area contributed by atoms with Crippen LogP contribution in [0.25, 0.3) is 0 Å². The van der Waals surface area contributed by atoms with Crippen LogP contribution < -0.4 is 5.32 Å². The second-order valence-electron chi connectivity index (χ2n) is 8.87. The summed E-state index contributed by atoms with van der Waals surface area (Å²) >= 11 is 0. The Kier molecular flexibility index (Phi) is 17.0. The van der Waals surface area contributed by atoms with Crippen LogP contribution in [0.2, 0.25) is 0 Å². The Morgan fingerprint density at radius 2 is 1.11 bits per heavy atom. The van der Waals surface area contributed by atoms with Crippen LogP contribution in [0, 0.1) is 0 Å². The third kappa shape index (κ3) is 20.0. The number of carboxylic acids is 4. The molecule has 0 unspecified atom stereocenters. The summed E-state index contributed by atoms with van der Waals surface area (Å²) in [6.45, 7) is 4.85. The van der Waals surface area contributed by atoms with Gasteiger partial charge in [-0.2, -0.15) is 0 Å². The molecule has 0 heterocycles. The summed E-state index contributed by atoms with van der Waals surface area (Å²) in [5.41, 5.74) is -0.539. The molecule has 0 saturated heterocycles. The summed E-state index contributed by atoms with van der Waals surface area (Å²) in [5.74, 6) is -5.25. The summed E-state index contributed by atoms with van der Waals surface area (Å²) < 4.78 is 11.0. The maximum absolute atomic E-state index is 12.5. The molecule has 0 aliphatic carbocycles. The minimum Gasteiger partial charge on any atom is -0.480 e. The van der Waals surface area contributed by atoms with Gasteiger partial charge in [0.25, 0.3) is 0 Å². The maximum atomic E-state index is 12.5. The summed E-state index contributed by atoms with van der Waals surface area (Å²) in [7, 11) is 0. The van der Waals surface area contributed by atoms with E-state index in [0.717, 1.165) is 0 Å². The van der Waals surface area contributed by atoms with Crippen molar-refractivity contribution in [2.24, 2.45) is 0 Å². The Hall–Kier alpha value is -2.85. The zero-order chi connectivity index (χ0) is 28.4. The van der Waals surface area contributed by atoms with Crippen molar-refractivity contribution in [3.63, 3.8) is 0 Å². The molecule has 0 aliphatic heterocycles. The number of hydrogen-bond acceptors (Lipinski definition) is 10. The van der Waals surface area contributed by atoms with Crippen LogP contribution in [-0.2, 0) is 33.4 Å². The molecule has 0 aromatic rings. The Bertz CT molecular complexity index is 676. The molecule has 0 spiro atoms. The average molecular weight is 537 g/mol. The summed E-state index contributed by atoms with van der Waals surface area (Å²) in [6.07, 6.45) is 0. The highest BCUT2D eigenvalue weighted by molar-refractivity contribution is 5.78. The van der Waals surface area contributed by atoms with Crippen LogP contribution in [0.1, 0.15) is 20.8 Å². The van der Waals surface area contributed by atoms with Crippen molar-refractivity contribution >= 4 is 29.8 Å². The first kappa shape index (κ1) is 34.1. The summed E-state index contributed by atoms with van der Waals surface area (Å²) in [4.78, 5) is 60.7. The average Bonchev–Trinajstić information content (AvgIpc) is 2.75. The predicted octanol–water partition coefficient (Wildman–Crippen LogP) is -1.82. The van der Waals surface area contributed by atoms with E-state index in [9.17, 15) is 24.0 Å². The van der Waals surface area contributed by atoms with Gasteiger partial charge in [-0.05, 0) is 20.8 Å². The Labute approximate surface area is 215 Å². The van der Waals surface area contributed by atoms with Gasteiger partial charge in [0, 0.05) is 39.3 Å². The van der Waals surface area contributed by atoms with Gasteiger partial charge in [0.2, 0.25) is 5.91 Å². The first-order valence-electron chi connectivity index (χ1n) is 11.8. The van der Waals surface area contributed by atoms with E-state index < -0.39 is 61.6 Å². The lowest BCUT2D eigenvalue weighted by Gasteiger charge is -2.28. The van der Waals surface area contributed by atoms with Gasteiger partial charge in [-0.15, -0.1) is 0 Å². The fraction of sp³-hybridized carbons (Fsp3) is 0.773. The highest BCUT2D eigenvalue weighted by Crippen LogP contribution is 2.08. The van der Waals surface area contributed by atoms with Gasteiger partial charge in [-0.3, -0.25) is 38.7 Å². The molecule has 0 radical (unpaired) electrons. The van der Waals surface area contributed by atoms with Crippen LogP contribution in [0.5, 0.6) is 0 Å². The molecule has 1 amide bonds. The number of nitrogens with one attached hydrogen (secondary N) is 1. The molecule has 0 aromatic carbocycles. The zero-order valence-electron chi connectivity index (χ0n) is 21.7. The van der Waals surface area contributed by atoms with Crippen LogP contribution >= 0.6 is 0 Å². The minimum atomic E-state index is -1.22. The number of carbonyl (C=O) groups excluding carboxylic acids is 1. The van der Waals surface area contributed by atoms with Gasteiger partial charge in [0.1, 0.15) is 0 Å². The van der Waals surface area contributed by atoms with E-state index in [2.05, 4.69) is 5.32 Å². The molecule has 0 atom stereocenters. The van der Waals surface area contributed by atoms with Crippen molar-refractivity contribution in [2.45, 2.75) is 26.4 Å². The minimum absolute atomic E-state index is 0.00152. The van der Waals surface area contributed by atoms with Crippen molar-refractivity contribution in [3.05, 3.63) is 0 Å². The first-order valence-corrected chi connectivity index (χ1v) is 11.8. The quantitative estimate of drug-likeness (QED) is 0.0912. The summed E-state index contributed by atoms with van der Waals surface area (Å²) in [5, 5.41) is 38.8. The Morgan fingerprint density at radius 1 is 0.703 bits per heavy atom. The Morgan fingerprint density at radius 3 is 1.49 bits per heavy atom. The fourth-order valence-corrected chi connectivity index (χ4v) is 3.20. The molecular formula is C22H40N4O11. The number of carboxylic acid groups (broad SMARTS) is 4. The van der Waals surface area contributed by atoms with E-state index in [1.807, 2.05) is 20.8 Å². The first-order chi connectivity index (χ1) is 17.2. The van der Waals surface area contributed by atoms with Gasteiger partial charge in [0.05, 0.1) is 51.5 Å². The van der Waals surface area contributed by atoms with E-state index in [0.29, 0.717) is 13.2 Å². The highest BCUT2D eigenvalue weighted by Gasteiger charge is 2.21. The lowest BCUT2D eigenvalue weighted by atomic mass is 10.1.